The van der Waals surface area contributed by atoms with Gasteiger partial charge in [-0.15, -0.1) is 0 Å². The number of halogens is 1. The summed E-state index contributed by atoms with van der Waals surface area (Å²) in [6.45, 7) is 3.60. The monoisotopic (exact) mass is 301 g/mol. The Balaban J connectivity index is 2.51. The maximum atomic E-state index is 11.2. The second-order valence-electron chi connectivity index (χ2n) is 4.60. The van der Waals surface area contributed by atoms with Crippen molar-refractivity contribution in [3.05, 3.63) is 57.6 Å². The van der Waals surface area contributed by atoms with Crippen LogP contribution in [0.2, 0.25) is 5.02 Å². The van der Waals surface area contributed by atoms with Crippen LogP contribution in [0.4, 0.5) is 0 Å². The van der Waals surface area contributed by atoms with Gasteiger partial charge < -0.3 is 9.84 Å². The molecule has 4 nitrogen and oxygen atoms in total. The van der Waals surface area contributed by atoms with Gasteiger partial charge in [-0.1, -0.05) is 11.6 Å². The van der Waals surface area contributed by atoms with Gasteiger partial charge in [-0.05, 0) is 49.2 Å². The van der Waals surface area contributed by atoms with Crippen LogP contribution in [0, 0.1) is 25.2 Å². The fourth-order valence-corrected chi connectivity index (χ4v) is 2.21. The Hall–Kier alpha value is -2.51. The first-order valence-electron chi connectivity index (χ1n) is 6.14. The van der Waals surface area contributed by atoms with Crippen LogP contribution in [0.25, 0.3) is 0 Å². The molecule has 0 heterocycles. The van der Waals surface area contributed by atoms with E-state index in [-0.39, 0.29) is 11.3 Å². The largest absolute Gasteiger partial charge is 0.478 e. The minimum absolute atomic E-state index is 0.0301. The molecule has 0 radical (unpaired) electrons. The number of carbonyl (C=O) groups is 1. The normalized spacial score (nSPS) is 10.0. The molecule has 0 aliphatic carbocycles. The number of hydrogen-bond acceptors (Lipinski definition) is 3. The molecule has 106 valence electrons. The molecule has 0 aliphatic rings. The number of benzene rings is 2. The van der Waals surface area contributed by atoms with E-state index in [0.717, 1.165) is 11.1 Å². The highest BCUT2D eigenvalue weighted by molar-refractivity contribution is 6.30. The molecule has 0 fully saturated rings. The van der Waals surface area contributed by atoms with Crippen LogP contribution in [0.1, 0.15) is 27.0 Å². The Morgan fingerprint density at radius 1 is 1.24 bits per heavy atom. The third-order valence-corrected chi connectivity index (χ3v) is 3.21. The number of nitrogens with zero attached hydrogens (tertiary/aromatic N) is 1. The van der Waals surface area contributed by atoms with Crippen molar-refractivity contribution in [3.8, 4) is 17.6 Å². The minimum Gasteiger partial charge on any atom is -0.478 e. The highest BCUT2D eigenvalue weighted by Gasteiger charge is 2.15. The highest BCUT2D eigenvalue weighted by Crippen LogP contribution is 2.33. The van der Waals surface area contributed by atoms with Crippen LogP contribution in [0.5, 0.6) is 11.5 Å². The quantitative estimate of drug-likeness (QED) is 0.916. The number of nitriles is 1. The summed E-state index contributed by atoms with van der Waals surface area (Å²) in [5.74, 6) is -0.393. The molecule has 0 saturated carbocycles. The van der Waals surface area contributed by atoms with Crippen molar-refractivity contribution in [3.63, 3.8) is 0 Å². The molecule has 0 unspecified atom stereocenters. The number of aryl methyl sites for hydroxylation is 2. The van der Waals surface area contributed by atoms with Crippen molar-refractivity contribution in [1.29, 1.82) is 5.26 Å². The summed E-state index contributed by atoms with van der Waals surface area (Å²) in [6, 6.07) is 9.80. The maximum Gasteiger partial charge on any atom is 0.339 e. The van der Waals surface area contributed by atoms with Crippen LogP contribution in [-0.4, -0.2) is 11.1 Å². The van der Waals surface area contributed by atoms with Crippen molar-refractivity contribution >= 4 is 17.6 Å². The zero-order valence-electron chi connectivity index (χ0n) is 11.5. The standard InChI is InChI=1S/C16H12ClNO3/c1-9-5-11(8-18)6-10(2)15(9)21-14-7-12(17)3-4-13(14)16(19)20/h3-7H,1-2H3,(H,19,20). The number of carboxylic acids is 1. The van der Waals surface area contributed by atoms with Gasteiger partial charge in [-0.2, -0.15) is 5.26 Å². The summed E-state index contributed by atoms with van der Waals surface area (Å²) in [5.41, 5.74) is 2.06. The van der Waals surface area contributed by atoms with Gasteiger partial charge in [0.05, 0.1) is 11.6 Å². The Kier molecular flexibility index (Phi) is 4.15. The SMILES string of the molecule is Cc1cc(C#N)cc(C)c1Oc1cc(Cl)ccc1C(=O)O. The Bertz CT molecular complexity index is 740. The average Bonchev–Trinajstić information content (AvgIpc) is 2.42. The molecule has 2 rings (SSSR count). The Labute approximate surface area is 127 Å². The Morgan fingerprint density at radius 3 is 2.38 bits per heavy atom. The van der Waals surface area contributed by atoms with Crippen molar-refractivity contribution in [1.82, 2.24) is 0 Å². The highest BCUT2D eigenvalue weighted by atomic mass is 35.5. The first-order chi connectivity index (χ1) is 9.92. The maximum absolute atomic E-state index is 11.2. The van der Waals surface area contributed by atoms with Crippen LogP contribution >= 0.6 is 11.6 Å². The van der Waals surface area contributed by atoms with E-state index in [1.54, 1.807) is 26.0 Å². The average molecular weight is 302 g/mol. The first kappa shape index (κ1) is 14.9. The van der Waals surface area contributed by atoms with Gasteiger partial charge in [0.2, 0.25) is 0 Å². The van der Waals surface area contributed by atoms with Crippen molar-refractivity contribution < 1.29 is 14.6 Å². The van der Waals surface area contributed by atoms with E-state index < -0.39 is 5.97 Å². The van der Waals surface area contributed by atoms with Gasteiger partial charge in [0.1, 0.15) is 17.1 Å². The van der Waals surface area contributed by atoms with Gasteiger partial charge in [-0.25, -0.2) is 4.79 Å². The molecule has 0 atom stereocenters. The number of ether oxygens (including phenoxy) is 1. The lowest BCUT2D eigenvalue weighted by Gasteiger charge is -2.14. The van der Waals surface area contributed by atoms with E-state index >= 15 is 0 Å². The molecular weight excluding hydrogens is 290 g/mol. The number of aromatic carboxylic acids is 1. The van der Waals surface area contributed by atoms with Crippen LogP contribution in [-0.2, 0) is 0 Å². The molecule has 1 N–H and O–H groups in total. The number of carboxylic acid groups (broad SMARTS) is 1. The molecule has 0 bridgehead atoms. The van der Waals surface area contributed by atoms with Crippen LogP contribution in [0.15, 0.2) is 30.3 Å². The second-order valence-corrected chi connectivity index (χ2v) is 5.04. The fraction of sp³-hybridized carbons (Fsp3) is 0.125. The molecule has 0 aromatic heterocycles. The molecule has 5 heteroatoms. The van der Waals surface area contributed by atoms with E-state index in [4.69, 9.17) is 21.6 Å². The molecule has 2 aromatic rings. The summed E-state index contributed by atoms with van der Waals surface area (Å²) < 4.78 is 5.74. The summed E-state index contributed by atoms with van der Waals surface area (Å²) in [5, 5.41) is 18.5. The molecular formula is C16H12ClNO3. The van der Waals surface area contributed by atoms with Crippen molar-refractivity contribution in [2.75, 3.05) is 0 Å². The predicted octanol–water partition coefficient (Wildman–Crippen LogP) is 4.32. The van der Waals surface area contributed by atoms with Gasteiger partial charge in [-0.3, -0.25) is 0 Å². The third kappa shape index (κ3) is 3.15. The van der Waals surface area contributed by atoms with Gasteiger partial charge in [0.15, 0.2) is 0 Å². The molecule has 2 aromatic carbocycles. The zero-order chi connectivity index (χ0) is 15.6. The minimum atomic E-state index is -1.09. The van der Waals surface area contributed by atoms with Crippen molar-refractivity contribution in [2.45, 2.75) is 13.8 Å². The second kappa shape index (κ2) is 5.86. The van der Waals surface area contributed by atoms with Gasteiger partial charge in [0, 0.05) is 11.1 Å². The molecule has 0 amide bonds. The lowest BCUT2D eigenvalue weighted by molar-refractivity contribution is 0.0694. The molecule has 0 aliphatic heterocycles. The summed E-state index contributed by atoms with van der Waals surface area (Å²) in [6.07, 6.45) is 0. The zero-order valence-corrected chi connectivity index (χ0v) is 12.2. The molecule has 0 saturated heterocycles. The van der Waals surface area contributed by atoms with Gasteiger partial charge in [0.25, 0.3) is 0 Å². The Morgan fingerprint density at radius 2 is 1.86 bits per heavy atom. The number of hydrogen-bond donors (Lipinski definition) is 1. The summed E-state index contributed by atoms with van der Waals surface area (Å²) in [4.78, 5) is 11.2. The van der Waals surface area contributed by atoms with Gasteiger partial charge >= 0.3 is 5.97 Å². The van der Waals surface area contributed by atoms with E-state index in [0.29, 0.717) is 16.3 Å². The predicted molar refractivity (Wildman–Crippen MR) is 79.1 cm³/mol. The van der Waals surface area contributed by atoms with Crippen molar-refractivity contribution in [2.24, 2.45) is 0 Å². The lowest BCUT2D eigenvalue weighted by atomic mass is 10.1. The van der Waals surface area contributed by atoms with E-state index in [9.17, 15) is 9.90 Å². The molecule has 0 spiro atoms. The van der Waals surface area contributed by atoms with Crippen LogP contribution in [0.3, 0.4) is 0 Å². The van der Waals surface area contributed by atoms with E-state index in [2.05, 4.69) is 6.07 Å². The molecule has 21 heavy (non-hydrogen) atoms. The first-order valence-corrected chi connectivity index (χ1v) is 6.52. The van der Waals surface area contributed by atoms with E-state index in [1.165, 1.54) is 18.2 Å². The van der Waals surface area contributed by atoms with Crippen LogP contribution < -0.4 is 4.74 Å². The fourth-order valence-electron chi connectivity index (χ4n) is 2.04. The summed E-state index contributed by atoms with van der Waals surface area (Å²) in [7, 11) is 0. The summed E-state index contributed by atoms with van der Waals surface area (Å²) >= 11 is 5.90. The third-order valence-electron chi connectivity index (χ3n) is 2.98. The lowest BCUT2D eigenvalue weighted by Crippen LogP contribution is -2.01. The van der Waals surface area contributed by atoms with E-state index in [1.807, 2.05) is 0 Å². The smallest absolute Gasteiger partial charge is 0.339 e. The topological polar surface area (TPSA) is 70.3 Å². The number of rotatable bonds is 3.